The summed E-state index contributed by atoms with van der Waals surface area (Å²) in [5.41, 5.74) is 6.45. The maximum Gasteiger partial charge on any atom is 0.263 e. The second kappa shape index (κ2) is 5.02. The molecule has 0 fully saturated rings. The summed E-state index contributed by atoms with van der Waals surface area (Å²) in [5.74, 6) is 0.125. The van der Waals surface area contributed by atoms with Gasteiger partial charge in [-0.3, -0.25) is 4.72 Å². The first-order valence-corrected chi connectivity index (χ1v) is 7.12. The number of aromatic nitrogens is 2. The number of halogens is 1. The molecule has 100 valence electrons. The molecule has 0 unspecified atom stereocenters. The van der Waals surface area contributed by atoms with Crippen molar-refractivity contribution in [2.75, 3.05) is 10.5 Å². The molecule has 1 aromatic heterocycles. The molecule has 2 rings (SSSR count). The average molecular weight is 299 g/mol. The quantitative estimate of drug-likeness (QED) is 0.842. The van der Waals surface area contributed by atoms with E-state index in [2.05, 4.69) is 14.9 Å². The molecule has 3 N–H and O–H groups in total. The molecular formula is C11H11ClN4O2S. The molecule has 0 radical (unpaired) electrons. The van der Waals surface area contributed by atoms with Crippen LogP contribution in [0.25, 0.3) is 0 Å². The van der Waals surface area contributed by atoms with Crippen LogP contribution >= 0.6 is 11.6 Å². The van der Waals surface area contributed by atoms with Gasteiger partial charge in [0.2, 0.25) is 0 Å². The van der Waals surface area contributed by atoms with E-state index in [9.17, 15) is 8.42 Å². The molecule has 1 heterocycles. The van der Waals surface area contributed by atoms with Crippen molar-refractivity contribution in [1.29, 1.82) is 0 Å². The lowest BCUT2D eigenvalue weighted by molar-refractivity contribution is 0.600. The van der Waals surface area contributed by atoms with Crippen LogP contribution in [0.1, 0.15) is 5.56 Å². The van der Waals surface area contributed by atoms with Crippen molar-refractivity contribution in [3.05, 3.63) is 41.0 Å². The van der Waals surface area contributed by atoms with Crippen molar-refractivity contribution in [1.82, 2.24) is 10.2 Å². The van der Waals surface area contributed by atoms with Crippen LogP contribution in [0.3, 0.4) is 0 Å². The van der Waals surface area contributed by atoms with Gasteiger partial charge in [-0.15, -0.1) is 5.10 Å². The third kappa shape index (κ3) is 2.94. The van der Waals surface area contributed by atoms with Crippen molar-refractivity contribution in [2.24, 2.45) is 0 Å². The average Bonchev–Trinajstić information content (AvgIpc) is 2.34. The fourth-order valence-electron chi connectivity index (χ4n) is 1.50. The summed E-state index contributed by atoms with van der Waals surface area (Å²) in [7, 11) is -3.81. The first-order valence-electron chi connectivity index (χ1n) is 5.26. The predicted octanol–water partition coefficient (Wildman–Crippen LogP) is 1.82. The van der Waals surface area contributed by atoms with Gasteiger partial charge in [-0.05, 0) is 36.8 Å². The number of rotatable bonds is 3. The van der Waals surface area contributed by atoms with Gasteiger partial charge in [0.15, 0.2) is 5.82 Å². The maximum absolute atomic E-state index is 12.2. The Bertz CT molecular complexity index is 704. The van der Waals surface area contributed by atoms with E-state index in [0.717, 1.165) is 0 Å². The molecule has 0 aliphatic heterocycles. The van der Waals surface area contributed by atoms with E-state index < -0.39 is 10.0 Å². The number of nitrogens with two attached hydrogens (primary N) is 1. The van der Waals surface area contributed by atoms with Crippen molar-refractivity contribution in [3.8, 4) is 0 Å². The molecule has 0 aliphatic carbocycles. The van der Waals surface area contributed by atoms with Crippen LogP contribution in [0, 0.1) is 6.92 Å². The largest absolute Gasteiger partial charge is 0.398 e. The highest BCUT2D eigenvalue weighted by Gasteiger charge is 2.19. The number of benzene rings is 1. The zero-order chi connectivity index (χ0) is 14.0. The van der Waals surface area contributed by atoms with Crippen LogP contribution in [-0.4, -0.2) is 18.6 Å². The van der Waals surface area contributed by atoms with Gasteiger partial charge in [-0.2, -0.15) is 5.10 Å². The normalized spacial score (nSPS) is 11.3. The van der Waals surface area contributed by atoms with E-state index in [-0.39, 0.29) is 15.7 Å². The van der Waals surface area contributed by atoms with E-state index in [1.807, 2.05) is 0 Å². The van der Waals surface area contributed by atoms with Crippen LogP contribution in [-0.2, 0) is 10.0 Å². The van der Waals surface area contributed by atoms with Gasteiger partial charge in [0, 0.05) is 16.9 Å². The van der Waals surface area contributed by atoms with Crippen molar-refractivity contribution >= 4 is 33.1 Å². The van der Waals surface area contributed by atoms with Crippen molar-refractivity contribution in [2.45, 2.75) is 11.8 Å². The lowest BCUT2D eigenvalue weighted by atomic mass is 10.2. The molecule has 6 nitrogen and oxygen atoms in total. The molecule has 0 saturated carbocycles. The van der Waals surface area contributed by atoms with E-state index in [1.54, 1.807) is 13.0 Å². The van der Waals surface area contributed by atoms with Crippen molar-refractivity contribution < 1.29 is 8.42 Å². The zero-order valence-electron chi connectivity index (χ0n) is 9.96. The minimum atomic E-state index is -3.81. The van der Waals surface area contributed by atoms with Gasteiger partial charge >= 0.3 is 0 Å². The first kappa shape index (κ1) is 13.6. The molecule has 8 heteroatoms. The van der Waals surface area contributed by atoms with Crippen molar-refractivity contribution in [3.63, 3.8) is 0 Å². The number of hydrogen-bond acceptors (Lipinski definition) is 5. The summed E-state index contributed by atoms with van der Waals surface area (Å²) < 4.78 is 26.8. The SMILES string of the molecule is Cc1c(N)cc(Cl)cc1S(=O)(=O)Nc1cccnn1. The molecule has 19 heavy (non-hydrogen) atoms. The summed E-state index contributed by atoms with van der Waals surface area (Å²) in [4.78, 5) is 0.0168. The highest BCUT2D eigenvalue weighted by Crippen LogP contribution is 2.27. The summed E-state index contributed by atoms with van der Waals surface area (Å²) in [5, 5.41) is 7.50. The fraction of sp³-hybridized carbons (Fsp3) is 0.0909. The molecule has 0 bridgehead atoms. The Morgan fingerprint density at radius 2 is 2.11 bits per heavy atom. The lowest BCUT2D eigenvalue weighted by Gasteiger charge is -2.11. The van der Waals surface area contributed by atoms with Crippen LogP contribution in [0.15, 0.2) is 35.4 Å². The Labute approximate surface area is 115 Å². The Morgan fingerprint density at radius 1 is 1.37 bits per heavy atom. The number of anilines is 2. The number of hydrogen-bond donors (Lipinski definition) is 2. The number of nitrogen functional groups attached to an aromatic ring is 1. The molecular weight excluding hydrogens is 288 g/mol. The number of nitrogens with zero attached hydrogens (tertiary/aromatic N) is 2. The third-order valence-electron chi connectivity index (χ3n) is 2.47. The second-order valence-electron chi connectivity index (χ2n) is 3.83. The topological polar surface area (TPSA) is 98.0 Å². The second-order valence-corrected chi connectivity index (χ2v) is 5.92. The van der Waals surface area contributed by atoms with Crippen LogP contribution in [0.2, 0.25) is 5.02 Å². The zero-order valence-corrected chi connectivity index (χ0v) is 11.5. The van der Waals surface area contributed by atoms with E-state index in [4.69, 9.17) is 17.3 Å². The number of nitrogens with one attached hydrogen (secondary N) is 1. The third-order valence-corrected chi connectivity index (χ3v) is 4.16. The number of sulfonamides is 1. The van der Waals surface area contributed by atoms with Gasteiger partial charge in [-0.1, -0.05) is 11.6 Å². The highest BCUT2D eigenvalue weighted by molar-refractivity contribution is 7.92. The van der Waals surface area contributed by atoms with Gasteiger partial charge in [0.05, 0.1) is 4.90 Å². The molecule has 2 aromatic rings. The Hall–Kier alpha value is -1.86. The predicted molar refractivity (Wildman–Crippen MR) is 73.4 cm³/mol. The molecule has 0 amide bonds. The van der Waals surface area contributed by atoms with Crippen LogP contribution in [0.4, 0.5) is 11.5 Å². The van der Waals surface area contributed by atoms with Gasteiger partial charge in [0.1, 0.15) is 0 Å². The minimum Gasteiger partial charge on any atom is -0.398 e. The van der Waals surface area contributed by atoms with Gasteiger partial charge < -0.3 is 5.73 Å². The van der Waals surface area contributed by atoms with Gasteiger partial charge in [-0.25, -0.2) is 8.42 Å². The molecule has 0 atom stereocenters. The van der Waals surface area contributed by atoms with E-state index in [0.29, 0.717) is 11.3 Å². The fourth-order valence-corrected chi connectivity index (χ4v) is 3.09. The monoisotopic (exact) mass is 298 g/mol. The Morgan fingerprint density at radius 3 is 2.74 bits per heavy atom. The lowest BCUT2D eigenvalue weighted by Crippen LogP contribution is -2.16. The minimum absolute atomic E-state index is 0.0168. The first-order chi connectivity index (χ1) is 8.90. The van der Waals surface area contributed by atoms with Crippen LogP contribution < -0.4 is 10.5 Å². The summed E-state index contributed by atoms with van der Waals surface area (Å²) in [6, 6.07) is 5.90. The van der Waals surface area contributed by atoms with Crippen LogP contribution in [0.5, 0.6) is 0 Å². The van der Waals surface area contributed by atoms with E-state index >= 15 is 0 Å². The summed E-state index contributed by atoms with van der Waals surface area (Å²) in [6.07, 6.45) is 1.44. The standard InChI is InChI=1S/C11H11ClN4O2S/c1-7-9(13)5-8(12)6-10(7)19(17,18)16-11-3-2-4-14-15-11/h2-6H,13H2,1H3,(H,15,16). The Balaban J connectivity index is 2.46. The van der Waals surface area contributed by atoms with Gasteiger partial charge in [0.25, 0.3) is 10.0 Å². The smallest absolute Gasteiger partial charge is 0.263 e. The Kier molecular flexibility index (Phi) is 3.59. The molecule has 0 saturated heterocycles. The molecule has 0 aliphatic rings. The highest BCUT2D eigenvalue weighted by atomic mass is 35.5. The molecule has 1 aromatic carbocycles. The maximum atomic E-state index is 12.2. The van der Waals surface area contributed by atoms with E-state index in [1.165, 1.54) is 24.4 Å². The summed E-state index contributed by atoms with van der Waals surface area (Å²) in [6.45, 7) is 1.61. The molecule has 0 spiro atoms. The summed E-state index contributed by atoms with van der Waals surface area (Å²) >= 11 is 5.83.